The molecule has 92 valence electrons. The molecule has 1 saturated heterocycles. The highest BCUT2D eigenvalue weighted by Crippen LogP contribution is 2.29. The van der Waals surface area contributed by atoms with Gasteiger partial charge in [0.25, 0.3) is 5.69 Å². The maximum absolute atomic E-state index is 11.7. The van der Waals surface area contributed by atoms with Crippen molar-refractivity contribution in [3.8, 4) is 0 Å². The Kier molecular flexibility index (Phi) is 2.78. The molecule has 1 fully saturated rings. The molecular weight excluding hydrogens is 244 g/mol. The average molecular weight is 256 g/mol. The standard InChI is InChI=1S/C10H12N2O4S/c1-8-7-9(12(13)14)3-4-10(8)11-5-2-6-17(11,15)16/h3-4,7H,2,5-6H2,1H3. The highest BCUT2D eigenvalue weighted by atomic mass is 32.2. The van der Waals surface area contributed by atoms with Crippen LogP contribution in [0.15, 0.2) is 18.2 Å². The molecule has 0 unspecified atom stereocenters. The molecule has 0 aliphatic carbocycles. The van der Waals surface area contributed by atoms with Gasteiger partial charge in [0.2, 0.25) is 10.0 Å². The minimum Gasteiger partial charge on any atom is -0.270 e. The normalized spacial score (nSPS) is 18.3. The van der Waals surface area contributed by atoms with Crippen LogP contribution in [0, 0.1) is 17.0 Å². The predicted octanol–water partition coefficient (Wildman–Crippen LogP) is 1.44. The summed E-state index contributed by atoms with van der Waals surface area (Å²) >= 11 is 0. The lowest BCUT2D eigenvalue weighted by molar-refractivity contribution is -0.384. The molecule has 1 aliphatic heterocycles. The fraction of sp³-hybridized carbons (Fsp3) is 0.400. The Hall–Kier alpha value is -1.63. The number of hydrogen-bond donors (Lipinski definition) is 0. The van der Waals surface area contributed by atoms with E-state index in [1.165, 1.54) is 22.5 Å². The zero-order chi connectivity index (χ0) is 12.6. The molecule has 0 atom stereocenters. The van der Waals surface area contributed by atoms with Gasteiger partial charge in [-0.3, -0.25) is 14.4 Å². The van der Waals surface area contributed by atoms with Crippen molar-refractivity contribution in [3.63, 3.8) is 0 Å². The summed E-state index contributed by atoms with van der Waals surface area (Å²) in [5.74, 6) is 0.142. The second kappa shape index (κ2) is 3.99. The first-order chi connectivity index (χ1) is 7.92. The molecule has 1 aromatic carbocycles. The highest BCUT2D eigenvalue weighted by Gasteiger charge is 2.29. The average Bonchev–Trinajstić information content (AvgIpc) is 2.58. The topological polar surface area (TPSA) is 80.5 Å². The Morgan fingerprint density at radius 2 is 2.12 bits per heavy atom. The number of aryl methyl sites for hydroxylation is 1. The smallest absolute Gasteiger partial charge is 0.269 e. The van der Waals surface area contributed by atoms with Crippen LogP contribution in [0.4, 0.5) is 11.4 Å². The van der Waals surface area contributed by atoms with Crippen molar-refractivity contribution in [3.05, 3.63) is 33.9 Å². The van der Waals surface area contributed by atoms with Gasteiger partial charge in [-0.15, -0.1) is 0 Å². The Morgan fingerprint density at radius 1 is 1.41 bits per heavy atom. The maximum Gasteiger partial charge on any atom is 0.269 e. The van der Waals surface area contributed by atoms with E-state index in [2.05, 4.69) is 0 Å². The molecule has 1 aromatic rings. The fourth-order valence-corrected chi connectivity index (χ4v) is 3.57. The third-order valence-electron chi connectivity index (χ3n) is 2.76. The van der Waals surface area contributed by atoms with Crippen LogP contribution in [0.1, 0.15) is 12.0 Å². The number of benzene rings is 1. The minimum absolute atomic E-state index is 0.0251. The van der Waals surface area contributed by atoms with Crippen LogP contribution >= 0.6 is 0 Å². The van der Waals surface area contributed by atoms with E-state index in [0.29, 0.717) is 24.2 Å². The van der Waals surface area contributed by atoms with Crippen molar-refractivity contribution in [1.82, 2.24) is 0 Å². The van der Waals surface area contributed by atoms with E-state index in [1.54, 1.807) is 6.92 Å². The van der Waals surface area contributed by atoms with Crippen molar-refractivity contribution in [2.75, 3.05) is 16.6 Å². The van der Waals surface area contributed by atoms with Crippen LogP contribution in [0.2, 0.25) is 0 Å². The van der Waals surface area contributed by atoms with Crippen molar-refractivity contribution in [2.24, 2.45) is 0 Å². The van der Waals surface area contributed by atoms with Gasteiger partial charge in [0.1, 0.15) is 0 Å². The van der Waals surface area contributed by atoms with Gasteiger partial charge in [-0.2, -0.15) is 0 Å². The minimum atomic E-state index is -3.23. The monoisotopic (exact) mass is 256 g/mol. The van der Waals surface area contributed by atoms with E-state index in [1.807, 2.05) is 0 Å². The third kappa shape index (κ3) is 2.10. The van der Waals surface area contributed by atoms with Gasteiger partial charge in [-0.25, -0.2) is 8.42 Å². The van der Waals surface area contributed by atoms with Crippen LogP contribution < -0.4 is 4.31 Å². The lowest BCUT2D eigenvalue weighted by Gasteiger charge is -2.18. The number of non-ortho nitro benzene ring substituents is 1. The summed E-state index contributed by atoms with van der Waals surface area (Å²) in [6.45, 7) is 2.12. The number of hydrogen-bond acceptors (Lipinski definition) is 4. The summed E-state index contributed by atoms with van der Waals surface area (Å²) in [7, 11) is -3.23. The second-order valence-electron chi connectivity index (χ2n) is 3.97. The molecule has 0 bridgehead atoms. The quantitative estimate of drug-likeness (QED) is 0.592. The molecule has 0 amide bonds. The third-order valence-corrected chi connectivity index (χ3v) is 4.61. The summed E-state index contributed by atoms with van der Waals surface area (Å²) in [5.41, 5.74) is 1.11. The molecule has 2 rings (SSSR count). The van der Waals surface area contributed by atoms with Crippen LogP contribution in [-0.4, -0.2) is 25.6 Å². The fourth-order valence-electron chi connectivity index (χ4n) is 1.94. The molecule has 17 heavy (non-hydrogen) atoms. The van der Waals surface area contributed by atoms with Crippen molar-refractivity contribution >= 4 is 21.4 Å². The van der Waals surface area contributed by atoms with Gasteiger partial charge in [-0.1, -0.05) is 0 Å². The number of anilines is 1. The van der Waals surface area contributed by atoms with Crippen LogP contribution in [0.25, 0.3) is 0 Å². The first kappa shape index (κ1) is 11.8. The molecule has 0 spiro atoms. The highest BCUT2D eigenvalue weighted by molar-refractivity contribution is 7.93. The maximum atomic E-state index is 11.7. The van der Waals surface area contributed by atoms with Gasteiger partial charge >= 0.3 is 0 Å². The molecule has 1 heterocycles. The Balaban J connectivity index is 2.44. The second-order valence-corrected chi connectivity index (χ2v) is 5.98. The molecular formula is C10H12N2O4S. The van der Waals surface area contributed by atoms with E-state index in [9.17, 15) is 18.5 Å². The molecule has 0 saturated carbocycles. The molecule has 6 nitrogen and oxygen atoms in total. The van der Waals surface area contributed by atoms with Gasteiger partial charge in [0.15, 0.2) is 0 Å². The van der Waals surface area contributed by atoms with E-state index in [4.69, 9.17) is 0 Å². The Morgan fingerprint density at radius 3 is 2.59 bits per heavy atom. The lowest BCUT2D eigenvalue weighted by Crippen LogP contribution is -2.25. The predicted molar refractivity (Wildman–Crippen MR) is 63.6 cm³/mol. The van der Waals surface area contributed by atoms with Gasteiger partial charge in [0.05, 0.1) is 16.4 Å². The summed E-state index contributed by atoms with van der Waals surface area (Å²) in [5, 5.41) is 10.6. The number of sulfonamides is 1. The van der Waals surface area contributed by atoms with E-state index in [-0.39, 0.29) is 11.4 Å². The van der Waals surface area contributed by atoms with Gasteiger partial charge in [0, 0.05) is 18.7 Å². The van der Waals surface area contributed by atoms with E-state index < -0.39 is 14.9 Å². The SMILES string of the molecule is Cc1cc([N+](=O)[O-])ccc1N1CCCS1(=O)=O. The first-order valence-electron chi connectivity index (χ1n) is 5.17. The Labute approximate surface area is 99.1 Å². The van der Waals surface area contributed by atoms with Gasteiger partial charge < -0.3 is 0 Å². The van der Waals surface area contributed by atoms with Crippen LogP contribution in [0.3, 0.4) is 0 Å². The summed E-state index contributed by atoms with van der Waals surface area (Å²) in [6, 6.07) is 4.22. The first-order valence-corrected chi connectivity index (χ1v) is 6.78. The van der Waals surface area contributed by atoms with Crippen LogP contribution in [0.5, 0.6) is 0 Å². The molecule has 1 aliphatic rings. The molecule has 0 aromatic heterocycles. The van der Waals surface area contributed by atoms with Crippen molar-refractivity contribution in [1.29, 1.82) is 0 Å². The molecule has 7 heteroatoms. The summed E-state index contributed by atoms with van der Waals surface area (Å²) in [6.07, 6.45) is 0.596. The molecule has 0 radical (unpaired) electrons. The summed E-state index contributed by atoms with van der Waals surface area (Å²) in [4.78, 5) is 10.1. The van der Waals surface area contributed by atoms with Gasteiger partial charge in [-0.05, 0) is 25.0 Å². The van der Waals surface area contributed by atoms with E-state index >= 15 is 0 Å². The summed E-state index contributed by atoms with van der Waals surface area (Å²) < 4.78 is 24.8. The molecule has 0 N–H and O–H groups in total. The Bertz CT molecular complexity index is 568. The van der Waals surface area contributed by atoms with Crippen LogP contribution in [-0.2, 0) is 10.0 Å². The zero-order valence-corrected chi connectivity index (χ0v) is 10.1. The van der Waals surface area contributed by atoms with E-state index in [0.717, 1.165) is 0 Å². The van der Waals surface area contributed by atoms with Crippen molar-refractivity contribution < 1.29 is 13.3 Å². The van der Waals surface area contributed by atoms with Crippen molar-refractivity contribution in [2.45, 2.75) is 13.3 Å². The number of nitro groups is 1. The number of nitro benzene ring substituents is 1. The zero-order valence-electron chi connectivity index (χ0n) is 9.29. The largest absolute Gasteiger partial charge is 0.270 e. The lowest BCUT2D eigenvalue weighted by atomic mass is 10.2. The number of rotatable bonds is 2. The number of nitrogens with zero attached hydrogens (tertiary/aromatic N) is 2.